The lowest BCUT2D eigenvalue weighted by molar-refractivity contribution is 1.21. The summed E-state index contributed by atoms with van der Waals surface area (Å²) in [6, 6.07) is 2.89. The van der Waals surface area contributed by atoms with Gasteiger partial charge in [-0.2, -0.15) is 0 Å². The molecule has 9 heavy (non-hydrogen) atoms. The molecule has 0 N–H and O–H groups in total. The van der Waals surface area contributed by atoms with Crippen molar-refractivity contribution in [3.63, 3.8) is 0 Å². The molecule has 0 fully saturated rings. The van der Waals surface area contributed by atoms with Crippen LogP contribution in [-0.2, 0) is 0 Å². The van der Waals surface area contributed by atoms with Crippen LogP contribution in [0.3, 0.4) is 0 Å². The maximum Gasteiger partial charge on any atom is 0.137 e. The highest BCUT2D eigenvalue weighted by molar-refractivity contribution is 6.29. The predicted molar refractivity (Wildman–Crippen MR) is 37.6 cm³/mol. The van der Waals surface area contributed by atoms with Crippen molar-refractivity contribution in [3.05, 3.63) is 28.5 Å². The molecule has 1 aromatic heterocycles. The Labute approximate surface area is 59.7 Å². The van der Waals surface area contributed by atoms with Crippen LogP contribution in [0.1, 0.15) is 11.1 Å². The lowest BCUT2D eigenvalue weighted by Crippen LogP contribution is -1.82. The van der Waals surface area contributed by atoms with E-state index in [2.05, 4.69) is 11.1 Å². The Hall–Kier alpha value is -0.560. The number of rotatable bonds is 0. The maximum atomic E-state index is 5.55. The molecule has 0 aliphatic heterocycles. The van der Waals surface area contributed by atoms with Crippen molar-refractivity contribution in [1.82, 2.24) is 4.98 Å². The number of halogens is 1. The normalized spacial score (nSPS) is 9.67. The van der Waals surface area contributed by atoms with Crippen molar-refractivity contribution in [2.24, 2.45) is 0 Å². The standard InChI is InChI=1S/C7H7ClN/c1-5-3-7(8)9-4-6(5)2/h4H,1-2H3. The van der Waals surface area contributed by atoms with E-state index in [0.717, 1.165) is 11.1 Å². The summed E-state index contributed by atoms with van der Waals surface area (Å²) in [5.41, 5.74) is 2.19. The van der Waals surface area contributed by atoms with Crippen LogP contribution in [0.4, 0.5) is 0 Å². The van der Waals surface area contributed by atoms with Crippen LogP contribution in [0.25, 0.3) is 0 Å². The molecule has 1 aromatic rings. The van der Waals surface area contributed by atoms with E-state index in [4.69, 9.17) is 11.6 Å². The van der Waals surface area contributed by atoms with Gasteiger partial charge in [-0.15, -0.1) is 0 Å². The second-order valence-electron chi connectivity index (χ2n) is 1.98. The van der Waals surface area contributed by atoms with Gasteiger partial charge in [-0.05, 0) is 25.0 Å². The topological polar surface area (TPSA) is 12.9 Å². The van der Waals surface area contributed by atoms with Gasteiger partial charge in [0.25, 0.3) is 0 Å². The van der Waals surface area contributed by atoms with E-state index < -0.39 is 0 Å². The fourth-order valence-electron chi connectivity index (χ4n) is 0.536. The third-order valence-electron chi connectivity index (χ3n) is 1.25. The zero-order chi connectivity index (χ0) is 6.85. The molecule has 0 spiro atoms. The van der Waals surface area contributed by atoms with Crippen molar-refractivity contribution < 1.29 is 0 Å². The van der Waals surface area contributed by atoms with E-state index in [1.165, 1.54) is 0 Å². The lowest BCUT2D eigenvalue weighted by Gasteiger charge is -1.95. The van der Waals surface area contributed by atoms with Gasteiger partial charge in [0.05, 0.1) is 0 Å². The predicted octanol–water partition coefficient (Wildman–Crippen LogP) is 2.15. The molecule has 1 radical (unpaired) electrons. The first-order valence-corrected chi connectivity index (χ1v) is 3.09. The number of hydrogen-bond acceptors (Lipinski definition) is 1. The minimum absolute atomic E-state index is 0.443. The summed E-state index contributed by atoms with van der Waals surface area (Å²) in [4.78, 5) is 3.85. The second kappa shape index (κ2) is 2.36. The van der Waals surface area contributed by atoms with Crippen LogP contribution in [-0.4, -0.2) is 4.98 Å². The van der Waals surface area contributed by atoms with E-state index in [1.807, 2.05) is 13.8 Å². The Balaban J connectivity index is 3.17. The molecule has 0 saturated heterocycles. The first kappa shape index (κ1) is 6.56. The van der Waals surface area contributed by atoms with Gasteiger partial charge >= 0.3 is 0 Å². The number of pyridine rings is 1. The van der Waals surface area contributed by atoms with E-state index in [0.29, 0.717) is 5.15 Å². The molecule has 1 nitrogen and oxygen atoms in total. The molecule has 0 amide bonds. The van der Waals surface area contributed by atoms with Gasteiger partial charge in [0.2, 0.25) is 0 Å². The largest absolute Gasteiger partial charge is 0.244 e. The quantitative estimate of drug-likeness (QED) is 0.504. The Kier molecular flexibility index (Phi) is 1.72. The van der Waals surface area contributed by atoms with Gasteiger partial charge in [-0.1, -0.05) is 11.6 Å². The molecule has 0 atom stereocenters. The molecular weight excluding hydrogens is 134 g/mol. The lowest BCUT2D eigenvalue weighted by atomic mass is 10.2. The highest BCUT2D eigenvalue weighted by atomic mass is 35.5. The number of aromatic nitrogens is 1. The van der Waals surface area contributed by atoms with Gasteiger partial charge in [0.15, 0.2) is 0 Å². The first-order chi connectivity index (χ1) is 4.20. The number of aryl methyl sites for hydroxylation is 2. The molecule has 2 heteroatoms. The summed E-state index contributed by atoms with van der Waals surface area (Å²) in [7, 11) is 0. The third-order valence-corrected chi connectivity index (χ3v) is 1.45. The Morgan fingerprint density at radius 3 is 2.67 bits per heavy atom. The van der Waals surface area contributed by atoms with Crippen molar-refractivity contribution in [1.29, 1.82) is 0 Å². The van der Waals surface area contributed by atoms with Crippen molar-refractivity contribution >= 4 is 11.6 Å². The average Bonchev–Trinajstić information content (AvgIpc) is 1.80. The maximum absolute atomic E-state index is 5.55. The van der Waals surface area contributed by atoms with E-state index in [9.17, 15) is 0 Å². The van der Waals surface area contributed by atoms with Gasteiger partial charge in [-0.3, -0.25) is 0 Å². The Bertz CT molecular complexity index is 220. The summed E-state index contributed by atoms with van der Waals surface area (Å²) in [5.74, 6) is 0. The van der Waals surface area contributed by atoms with Gasteiger partial charge in [0, 0.05) is 12.3 Å². The second-order valence-corrected chi connectivity index (χ2v) is 2.34. The molecular formula is C7H7ClN. The minimum atomic E-state index is 0.443. The van der Waals surface area contributed by atoms with Crippen LogP contribution >= 0.6 is 11.6 Å². The molecule has 0 bridgehead atoms. The summed E-state index contributed by atoms with van der Waals surface area (Å²) in [6.45, 7) is 3.94. The molecule has 1 heterocycles. The van der Waals surface area contributed by atoms with E-state index in [1.54, 1.807) is 6.20 Å². The number of nitrogens with zero attached hydrogens (tertiary/aromatic N) is 1. The van der Waals surface area contributed by atoms with Gasteiger partial charge < -0.3 is 0 Å². The molecule has 0 aliphatic rings. The molecule has 47 valence electrons. The summed E-state index contributed by atoms with van der Waals surface area (Å²) in [5, 5.41) is 0.443. The molecule has 0 unspecified atom stereocenters. The minimum Gasteiger partial charge on any atom is -0.244 e. The van der Waals surface area contributed by atoms with Crippen LogP contribution in [0, 0.1) is 19.9 Å². The SMILES string of the molecule is Cc1[c]c(Cl)ncc1C. The van der Waals surface area contributed by atoms with Crippen molar-refractivity contribution in [2.75, 3.05) is 0 Å². The van der Waals surface area contributed by atoms with Gasteiger partial charge in [0.1, 0.15) is 5.15 Å². The van der Waals surface area contributed by atoms with E-state index >= 15 is 0 Å². The van der Waals surface area contributed by atoms with Crippen LogP contribution in [0.5, 0.6) is 0 Å². The number of hydrogen-bond donors (Lipinski definition) is 0. The Morgan fingerprint density at radius 1 is 1.56 bits per heavy atom. The van der Waals surface area contributed by atoms with Crippen LogP contribution in [0.2, 0.25) is 5.15 Å². The third kappa shape index (κ3) is 1.42. The summed E-state index contributed by atoms with van der Waals surface area (Å²) >= 11 is 5.55. The fourth-order valence-corrected chi connectivity index (χ4v) is 0.726. The monoisotopic (exact) mass is 140 g/mol. The molecule has 1 rings (SSSR count). The Morgan fingerprint density at radius 2 is 2.22 bits per heavy atom. The van der Waals surface area contributed by atoms with Crippen LogP contribution in [0.15, 0.2) is 6.20 Å². The molecule has 0 saturated carbocycles. The van der Waals surface area contributed by atoms with Crippen LogP contribution < -0.4 is 0 Å². The zero-order valence-electron chi connectivity index (χ0n) is 5.40. The highest BCUT2D eigenvalue weighted by Gasteiger charge is 1.92. The average molecular weight is 141 g/mol. The van der Waals surface area contributed by atoms with Crippen molar-refractivity contribution in [3.8, 4) is 0 Å². The first-order valence-electron chi connectivity index (χ1n) is 2.71. The smallest absolute Gasteiger partial charge is 0.137 e. The fraction of sp³-hybridized carbons (Fsp3) is 0.286. The highest BCUT2D eigenvalue weighted by Crippen LogP contribution is 2.08. The van der Waals surface area contributed by atoms with E-state index in [-0.39, 0.29) is 0 Å². The molecule has 0 aliphatic carbocycles. The molecule has 0 aromatic carbocycles. The summed E-state index contributed by atoms with van der Waals surface area (Å²) in [6.07, 6.45) is 1.74. The van der Waals surface area contributed by atoms with Crippen molar-refractivity contribution in [2.45, 2.75) is 13.8 Å². The summed E-state index contributed by atoms with van der Waals surface area (Å²) < 4.78 is 0. The zero-order valence-corrected chi connectivity index (χ0v) is 6.16. The van der Waals surface area contributed by atoms with Gasteiger partial charge in [-0.25, -0.2) is 4.98 Å².